The molecule has 11 heteroatoms. The van der Waals surface area contributed by atoms with Gasteiger partial charge in [-0.25, -0.2) is 8.42 Å². The van der Waals surface area contributed by atoms with E-state index in [0.717, 1.165) is 6.07 Å². The van der Waals surface area contributed by atoms with Crippen molar-refractivity contribution in [3.63, 3.8) is 0 Å². The number of carbonyl (C=O) groups excluding carboxylic acids is 1. The minimum atomic E-state index is -4.19. The summed E-state index contributed by atoms with van der Waals surface area (Å²) in [5, 5.41) is 14.1. The monoisotopic (exact) mass is 465 g/mol. The number of sulfonamides is 1. The maximum absolute atomic E-state index is 12.7. The zero-order valence-electron chi connectivity index (χ0n) is 15.0. The van der Waals surface area contributed by atoms with Crippen LogP contribution < -0.4 is 10.0 Å². The number of halogens is 2. The Bertz CT molecular complexity index is 1250. The largest absolute Gasteiger partial charge is 0.321 e. The Hall–Kier alpha value is -3.14. The van der Waals surface area contributed by atoms with Gasteiger partial charge < -0.3 is 5.32 Å². The van der Waals surface area contributed by atoms with Crippen LogP contribution in [0.5, 0.6) is 0 Å². The van der Waals surface area contributed by atoms with Crippen molar-refractivity contribution >= 4 is 56.2 Å². The average Bonchev–Trinajstić information content (AvgIpc) is 2.70. The molecule has 0 aliphatic rings. The van der Waals surface area contributed by atoms with Gasteiger partial charge in [0.1, 0.15) is 0 Å². The fourth-order valence-electron chi connectivity index (χ4n) is 2.52. The first-order valence-electron chi connectivity index (χ1n) is 8.30. The van der Waals surface area contributed by atoms with E-state index in [1.807, 2.05) is 0 Å². The van der Waals surface area contributed by atoms with Crippen molar-refractivity contribution in [1.29, 1.82) is 0 Å². The molecule has 0 atom stereocenters. The van der Waals surface area contributed by atoms with Crippen molar-refractivity contribution < 1.29 is 18.1 Å². The third kappa shape index (κ3) is 4.88. The van der Waals surface area contributed by atoms with Crippen LogP contribution in [0.25, 0.3) is 0 Å². The van der Waals surface area contributed by atoms with Crippen molar-refractivity contribution in [2.45, 2.75) is 4.90 Å². The predicted molar refractivity (Wildman–Crippen MR) is 115 cm³/mol. The smallest absolute Gasteiger partial charge is 0.270 e. The summed E-state index contributed by atoms with van der Waals surface area (Å²) in [5.74, 6) is -0.614. The molecule has 3 aromatic rings. The molecule has 0 saturated heterocycles. The molecule has 1 amide bonds. The van der Waals surface area contributed by atoms with Gasteiger partial charge in [-0.3, -0.25) is 19.6 Å². The third-order valence-corrected chi connectivity index (χ3v) is 5.85. The lowest BCUT2D eigenvalue weighted by Crippen LogP contribution is -2.18. The van der Waals surface area contributed by atoms with Crippen LogP contribution in [0.4, 0.5) is 17.1 Å². The molecule has 0 aromatic heterocycles. The van der Waals surface area contributed by atoms with Crippen molar-refractivity contribution in [1.82, 2.24) is 0 Å². The molecule has 3 rings (SSSR count). The highest BCUT2D eigenvalue weighted by Crippen LogP contribution is 2.27. The number of hydrogen-bond donors (Lipinski definition) is 2. The van der Waals surface area contributed by atoms with Gasteiger partial charge in [0.05, 0.1) is 31.8 Å². The second-order valence-electron chi connectivity index (χ2n) is 5.98. The Labute approximate surface area is 181 Å². The van der Waals surface area contributed by atoms with E-state index in [2.05, 4.69) is 10.0 Å². The van der Waals surface area contributed by atoms with Crippen LogP contribution in [0.2, 0.25) is 10.0 Å². The molecular weight excluding hydrogens is 453 g/mol. The van der Waals surface area contributed by atoms with Crippen LogP contribution in [-0.4, -0.2) is 19.2 Å². The number of para-hydroxylation sites is 1. The van der Waals surface area contributed by atoms with Gasteiger partial charge in [0, 0.05) is 17.2 Å². The first-order valence-corrected chi connectivity index (χ1v) is 10.5. The summed E-state index contributed by atoms with van der Waals surface area (Å²) in [6.45, 7) is 0. The van der Waals surface area contributed by atoms with Gasteiger partial charge in [-0.05, 0) is 36.4 Å². The Balaban J connectivity index is 1.90. The summed E-state index contributed by atoms with van der Waals surface area (Å²) in [7, 11) is -4.19. The number of hydrogen-bond acceptors (Lipinski definition) is 5. The number of benzene rings is 3. The maximum Gasteiger partial charge on any atom is 0.270 e. The van der Waals surface area contributed by atoms with Crippen LogP contribution in [0.1, 0.15) is 10.4 Å². The molecule has 8 nitrogen and oxygen atoms in total. The van der Waals surface area contributed by atoms with Gasteiger partial charge >= 0.3 is 0 Å². The van der Waals surface area contributed by atoms with Crippen LogP contribution >= 0.6 is 23.2 Å². The van der Waals surface area contributed by atoms with Crippen LogP contribution in [0.3, 0.4) is 0 Å². The molecule has 0 aliphatic heterocycles. The van der Waals surface area contributed by atoms with Gasteiger partial charge in [0.15, 0.2) is 0 Å². The van der Waals surface area contributed by atoms with Crippen LogP contribution in [-0.2, 0) is 10.0 Å². The summed E-state index contributed by atoms with van der Waals surface area (Å²) in [5.41, 5.74) is -0.0622. The molecule has 0 fully saturated rings. The Morgan fingerprint density at radius 3 is 2.37 bits per heavy atom. The van der Waals surface area contributed by atoms with Crippen molar-refractivity contribution in [2.75, 3.05) is 10.0 Å². The van der Waals surface area contributed by atoms with E-state index in [-0.39, 0.29) is 26.9 Å². The highest BCUT2D eigenvalue weighted by atomic mass is 35.5. The second kappa shape index (κ2) is 8.70. The Morgan fingerprint density at radius 2 is 1.67 bits per heavy atom. The lowest BCUT2D eigenvalue weighted by atomic mass is 10.1. The number of amides is 1. The predicted octanol–water partition coefficient (Wildman–Crippen LogP) is 4.95. The molecular formula is C19H13Cl2N3O5S. The normalized spacial score (nSPS) is 11.0. The van der Waals surface area contributed by atoms with E-state index in [1.54, 1.807) is 12.1 Å². The third-order valence-electron chi connectivity index (χ3n) is 3.93. The van der Waals surface area contributed by atoms with Crippen LogP contribution in [0.15, 0.2) is 71.6 Å². The molecule has 0 radical (unpaired) electrons. The lowest BCUT2D eigenvalue weighted by molar-refractivity contribution is -0.385. The molecule has 0 bridgehead atoms. The minimum absolute atomic E-state index is 0.00779. The van der Waals surface area contributed by atoms with E-state index in [0.29, 0.717) is 10.7 Å². The highest BCUT2D eigenvalue weighted by molar-refractivity contribution is 7.92. The highest BCUT2D eigenvalue weighted by Gasteiger charge is 2.21. The molecule has 3 aromatic carbocycles. The SMILES string of the molecule is O=C(Nc1ccc(Cl)cc1Cl)c1ccccc1NS(=O)(=O)c1cccc([N+](=O)[O-])c1. The summed E-state index contributed by atoms with van der Waals surface area (Å²) < 4.78 is 27.7. The van der Waals surface area contributed by atoms with Gasteiger partial charge in [-0.1, -0.05) is 41.4 Å². The fourth-order valence-corrected chi connectivity index (χ4v) is 4.09. The van der Waals surface area contributed by atoms with E-state index in [1.165, 1.54) is 48.5 Å². The number of nitro benzene ring substituents is 1. The zero-order chi connectivity index (χ0) is 21.9. The summed E-state index contributed by atoms with van der Waals surface area (Å²) >= 11 is 11.9. The summed E-state index contributed by atoms with van der Waals surface area (Å²) in [6, 6.07) is 15.0. The average molecular weight is 466 g/mol. The van der Waals surface area contributed by atoms with E-state index in [4.69, 9.17) is 23.2 Å². The van der Waals surface area contributed by atoms with E-state index < -0.39 is 20.9 Å². The zero-order valence-corrected chi connectivity index (χ0v) is 17.3. The van der Waals surface area contributed by atoms with Gasteiger partial charge in [-0.2, -0.15) is 0 Å². The summed E-state index contributed by atoms with van der Waals surface area (Å²) in [6.07, 6.45) is 0. The number of non-ortho nitro benzene ring substituents is 1. The van der Waals surface area contributed by atoms with Gasteiger partial charge in [-0.15, -0.1) is 0 Å². The quantitative estimate of drug-likeness (QED) is 0.394. The van der Waals surface area contributed by atoms with Crippen molar-refractivity contribution in [2.24, 2.45) is 0 Å². The second-order valence-corrected chi connectivity index (χ2v) is 8.51. The lowest BCUT2D eigenvalue weighted by Gasteiger charge is -2.13. The number of nitrogens with zero attached hydrogens (tertiary/aromatic N) is 1. The number of carbonyl (C=O) groups is 1. The molecule has 0 aliphatic carbocycles. The molecule has 0 unspecified atom stereocenters. The van der Waals surface area contributed by atoms with Gasteiger partial charge in [0.2, 0.25) is 0 Å². The minimum Gasteiger partial charge on any atom is -0.321 e. The van der Waals surface area contributed by atoms with Crippen molar-refractivity contribution in [3.05, 3.63) is 92.5 Å². The first kappa shape index (κ1) is 21.6. The first-order chi connectivity index (χ1) is 14.2. The molecule has 0 saturated carbocycles. The van der Waals surface area contributed by atoms with Gasteiger partial charge in [0.25, 0.3) is 21.6 Å². The number of rotatable bonds is 6. The molecule has 2 N–H and O–H groups in total. The Morgan fingerprint density at radius 1 is 0.933 bits per heavy atom. The van der Waals surface area contributed by atoms with E-state index >= 15 is 0 Å². The van der Waals surface area contributed by atoms with E-state index in [9.17, 15) is 23.3 Å². The standard InChI is InChI=1S/C19H13Cl2N3O5S/c20-12-8-9-18(16(21)10-12)22-19(25)15-6-1-2-7-17(15)23-30(28,29)14-5-3-4-13(11-14)24(26)27/h1-11,23H,(H,22,25). The molecule has 154 valence electrons. The summed E-state index contributed by atoms with van der Waals surface area (Å²) in [4.78, 5) is 22.6. The Kier molecular flexibility index (Phi) is 6.25. The number of nitro groups is 1. The molecule has 0 heterocycles. The molecule has 0 spiro atoms. The molecule has 30 heavy (non-hydrogen) atoms. The van der Waals surface area contributed by atoms with Crippen molar-refractivity contribution in [3.8, 4) is 0 Å². The topological polar surface area (TPSA) is 118 Å². The maximum atomic E-state index is 12.7. The van der Waals surface area contributed by atoms with Crippen LogP contribution in [0, 0.1) is 10.1 Å². The number of anilines is 2. The fraction of sp³-hybridized carbons (Fsp3) is 0. The number of nitrogens with one attached hydrogen (secondary N) is 2.